The molecule has 0 aliphatic carbocycles. The maximum Gasteiger partial charge on any atom is 0.306 e. The quantitative estimate of drug-likeness (QED) is 0.0262. The van der Waals surface area contributed by atoms with Crippen LogP contribution in [0.2, 0.25) is 0 Å². The van der Waals surface area contributed by atoms with Gasteiger partial charge in [0.15, 0.2) is 6.10 Å². The van der Waals surface area contributed by atoms with Gasteiger partial charge in [0.1, 0.15) is 12.6 Å². The number of esters is 2. The van der Waals surface area contributed by atoms with E-state index in [9.17, 15) is 19.5 Å². The van der Waals surface area contributed by atoms with Crippen LogP contribution in [0.4, 0.5) is 0 Å². The van der Waals surface area contributed by atoms with Crippen LogP contribution in [-0.4, -0.2) is 75.5 Å². The Morgan fingerprint density at radius 1 is 0.518 bits per heavy atom. The van der Waals surface area contributed by atoms with Crippen LogP contribution >= 0.6 is 0 Å². The van der Waals surface area contributed by atoms with E-state index < -0.39 is 18.1 Å². The second-order valence-corrected chi connectivity index (χ2v) is 17.0. The summed E-state index contributed by atoms with van der Waals surface area (Å²) in [5.74, 6) is -1.74. The number of aliphatic carboxylic acids is 1. The molecule has 0 bridgehead atoms. The van der Waals surface area contributed by atoms with Gasteiger partial charge in [0, 0.05) is 19.3 Å². The number of unbranched alkanes of at least 4 members (excludes halogenated alkanes) is 24. The second kappa shape index (κ2) is 39.6. The lowest BCUT2D eigenvalue weighted by Gasteiger charge is -2.34. The summed E-state index contributed by atoms with van der Waals surface area (Å²) in [4.78, 5) is 36.9. The van der Waals surface area contributed by atoms with Crippen molar-refractivity contribution in [2.45, 2.75) is 225 Å². The average molecular weight is 792 g/mol. The van der Waals surface area contributed by atoms with Gasteiger partial charge < -0.3 is 28.6 Å². The minimum atomic E-state index is -1.12. The van der Waals surface area contributed by atoms with Crippen LogP contribution in [0.5, 0.6) is 0 Å². The standard InChI is InChI=1S/C48H89NO7/c1-6-8-10-12-14-16-18-20-21-22-23-24-25-27-29-31-33-35-37-39-47(51)56-44(42-54-41-40-45(48(52)53)49(3,4)5)43-55-46(50)38-36-34-32-30-28-26-19-17-15-13-11-9-7-2/h17,19-21,44-45H,6-16,18,22-43H2,1-5H3/b19-17-,21-20-. The Labute approximate surface area is 345 Å². The highest BCUT2D eigenvalue weighted by atomic mass is 16.6. The van der Waals surface area contributed by atoms with Crippen LogP contribution in [-0.2, 0) is 28.6 Å². The predicted octanol–water partition coefficient (Wildman–Crippen LogP) is 11.5. The zero-order valence-corrected chi connectivity index (χ0v) is 37.3. The van der Waals surface area contributed by atoms with Gasteiger partial charge in [-0.1, -0.05) is 154 Å². The number of ether oxygens (including phenoxy) is 3. The van der Waals surface area contributed by atoms with Gasteiger partial charge in [-0.05, 0) is 64.2 Å². The number of carbonyl (C=O) groups is 3. The fraction of sp³-hybridized carbons (Fsp3) is 0.854. The smallest absolute Gasteiger partial charge is 0.306 e. The van der Waals surface area contributed by atoms with Crippen molar-refractivity contribution in [2.75, 3.05) is 41.0 Å². The maximum absolute atomic E-state index is 12.7. The first kappa shape index (κ1) is 53.8. The van der Waals surface area contributed by atoms with E-state index in [1.165, 1.54) is 128 Å². The van der Waals surface area contributed by atoms with Crippen molar-refractivity contribution in [3.8, 4) is 0 Å². The van der Waals surface area contributed by atoms with Gasteiger partial charge in [-0.15, -0.1) is 0 Å². The minimum absolute atomic E-state index is 0.0403. The van der Waals surface area contributed by atoms with Crippen LogP contribution in [0.3, 0.4) is 0 Å². The third-order valence-corrected chi connectivity index (χ3v) is 10.6. The molecular formula is C48H89NO7. The van der Waals surface area contributed by atoms with E-state index in [1.54, 1.807) is 21.1 Å². The first-order valence-corrected chi connectivity index (χ1v) is 23.4. The highest BCUT2D eigenvalue weighted by molar-refractivity contribution is 5.70. The molecule has 0 heterocycles. The van der Waals surface area contributed by atoms with Crippen molar-refractivity contribution in [3.63, 3.8) is 0 Å². The first-order valence-electron chi connectivity index (χ1n) is 23.4. The Balaban J connectivity index is 4.29. The molecule has 0 radical (unpaired) electrons. The fourth-order valence-corrected chi connectivity index (χ4v) is 6.88. The third kappa shape index (κ3) is 37.4. The molecule has 0 N–H and O–H groups in total. The van der Waals surface area contributed by atoms with Crippen LogP contribution in [0, 0.1) is 0 Å². The van der Waals surface area contributed by atoms with E-state index in [4.69, 9.17) is 14.2 Å². The molecule has 0 rings (SSSR count). The van der Waals surface area contributed by atoms with Crippen molar-refractivity contribution in [1.82, 2.24) is 0 Å². The maximum atomic E-state index is 12.7. The van der Waals surface area contributed by atoms with Crippen molar-refractivity contribution in [2.24, 2.45) is 0 Å². The predicted molar refractivity (Wildman–Crippen MR) is 231 cm³/mol. The number of hydrogen-bond donors (Lipinski definition) is 0. The number of carboxylic acid groups (broad SMARTS) is 1. The molecule has 0 aliphatic rings. The van der Waals surface area contributed by atoms with E-state index in [-0.39, 0.29) is 42.7 Å². The minimum Gasteiger partial charge on any atom is -0.544 e. The van der Waals surface area contributed by atoms with Crippen LogP contribution in [0.1, 0.15) is 213 Å². The Hall–Kier alpha value is -2.19. The molecule has 0 aromatic carbocycles. The van der Waals surface area contributed by atoms with E-state index in [0.717, 1.165) is 51.4 Å². The van der Waals surface area contributed by atoms with Gasteiger partial charge in [-0.25, -0.2) is 0 Å². The molecule has 2 unspecified atom stereocenters. The van der Waals surface area contributed by atoms with Gasteiger partial charge >= 0.3 is 11.9 Å². The number of quaternary nitrogens is 1. The van der Waals surface area contributed by atoms with Crippen molar-refractivity contribution < 1.29 is 38.2 Å². The summed E-state index contributed by atoms with van der Waals surface area (Å²) in [6, 6.07) is -0.725. The SMILES string of the molecule is CCCCCC/C=C\CCCCCCCC(=O)OCC(COCCC(C(=O)[O-])[N+](C)(C)C)OC(=O)CCCCCCCCCCC/C=C\CCCCCCCC. The normalized spacial score (nSPS) is 13.1. The molecule has 8 nitrogen and oxygen atoms in total. The van der Waals surface area contributed by atoms with Crippen molar-refractivity contribution >= 4 is 17.9 Å². The number of rotatable bonds is 42. The van der Waals surface area contributed by atoms with Gasteiger partial charge in [-0.3, -0.25) is 9.59 Å². The zero-order valence-electron chi connectivity index (χ0n) is 37.3. The molecule has 0 amide bonds. The molecule has 0 aromatic rings. The van der Waals surface area contributed by atoms with Crippen LogP contribution in [0.25, 0.3) is 0 Å². The lowest BCUT2D eigenvalue weighted by atomic mass is 10.1. The molecule has 0 aromatic heterocycles. The molecule has 0 spiro atoms. The Morgan fingerprint density at radius 3 is 1.30 bits per heavy atom. The third-order valence-electron chi connectivity index (χ3n) is 10.6. The Bertz CT molecular complexity index is 973. The van der Waals surface area contributed by atoms with E-state index >= 15 is 0 Å². The van der Waals surface area contributed by atoms with Crippen LogP contribution < -0.4 is 5.11 Å². The number of carboxylic acids is 1. The number of likely N-dealkylation sites (N-methyl/N-ethyl adjacent to an activating group) is 1. The number of nitrogens with zero attached hydrogens (tertiary/aromatic N) is 1. The number of allylic oxidation sites excluding steroid dienone is 4. The summed E-state index contributed by atoms with van der Waals surface area (Å²) in [6.45, 7) is 4.65. The molecular weight excluding hydrogens is 703 g/mol. The highest BCUT2D eigenvalue weighted by Gasteiger charge is 2.25. The summed E-state index contributed by atoms with van der Waals surface area (Å²) in [5.41, 5.74) is 0. The van der Waals surface area contributed by atoms with Crippen molar-refractivity contribution in [1.29, 1.82) is 0 Å². The second-order valence-electron chi connectivity index (χ2n) is 17.0. The first-order chi connectivity index (χ1) is 27.1. The molecule has 0 fully saturated rings. The highest BCUT2D eigenvalue weighted by Crippen LogP contribution is 2.15. The van der Waals surface area contributed by atoms with Gasteiger partial charge in [0.25, 0.3) is 0 Å². The summed E-state index contributed by atoms with van der Waals surface area (Å²) in [6.07, 6.45) is 43.4. The summed E-state index contributed by atoms with van der Waals surface area (Å²) in [5, 5.41) is 11.6. The van der Waals surface area contributed by atoms with Gasteiger partial charge in [0.2, 0.25) is 0 Å². The van der Waals surface area contributed by atoms with E-state index in [2.05, 4.69) is 38.2 Å². The number of carbonyl (C=O) groups excluding carboxylic acids is 3. The summed E-state index contributed by atoms with van der Waals surface area (Å²) in [7, 11) is 5.41. The lowest BCUT2D eigenvalue weighted by Crippen LogP contribution is -2.55. The van der Waals surface area contributed by atoms with Gasteiger partial charge in [0.05, 0.1) is 40.3 Å². The monoisotopic (exact) mass is 792 g/mol. The van der Waals surface area contributed by atoms with E-state index in [0.29, 0.717) is 12.8 Å². The molecule has 0 saturated carbocycles. The topological polar surface area (TPSA) is 102 Å². The molecule has 0 saturated heterocycles. The molecule has 0 aliphatic heterocycles. The molecule has 8 heteroatoms. The molecule has 328 valence electrons. The zero-order chi connectivity index (χ0) is 41.4. The molecule has 56 heavy (non-hydrogen) atoms. The van der Waals surface area contributed by atoms with Gasteiger partial charge in [-0.2, -0.15) is 0 Å². The van der Waals surface area contributed by atoms with E-state index in [1.807, 2.05) is 0 Å². The number of hydrogen-bond acceptors (Lipinski definition) is 7. The average Bonchev–Trinajstić information content (AvgIpc) is 3.15. The fourth-order valence-electron chi connectivity index (χ4n) is 6.88. The van der Waals surface area contributed by atoms with Crippen LogP contribution in [0.15, 0.2) is 24.3 Å². The Kier molecular flexibility index (Phi) is 38.1. The van der Waals surface area contributed by atoms with Crippen molar-refractivity contribution in [3.05, 3.63) is 24.3 Å². The molecule has 2 atom stereocenters. The summed E-state index contributed by atoms with van der Waals surface area (Å²) >= 11 is 0. The lowest BCUT2D eigenvalue weighted by molar-refractivity contribution is -0.889. The Morgan fingerprint density at radius 2 is 0.893 bits per heavy atom. The largest absolute Gasteiger partial charge is 0.544 e. The summed E-state index contributed by atoms with van der Waals surface area (Å²) < 4.78 is 17.2.